The van der Waals surface area contributed by atoms with Gasteiger partial charge in [0.2, 0.25) is 0 Å². The van der Waals surface area contributed by atoms with E-state index in [1.165, 1.54) is 0 Å². The number of hydrogen-bond donors (Lipinski definition) is 2. The maximum Gasteiger partial charge on any atom is 0.129 e. The highest BCUT2D eigenvalue weighted by molar-refractivity contribution is 5.06. The van der Waals surface area contributed by atoms with Gasteiger partial charge in [0.25, 0.3) is 0 Å². The maximum absolute atomic E-state index is 8.92. The van der Waals surface area contributed by atoms with Crippen LogP contribution >= 0.6 is 0 Å². The normalized spacial score (nSPS) is 22.5. The SMILES string of the molecule is CN1CCN(C)C(CNCc2ccc(CO)o2)C1. The van der Waals surface area contributed by atoms with Crippen LogP contribution in [0.15, 0.2) is 16.5 Å². The zero-order valence-corrected chi connectivity index (χ0v) is 11.2. The summed E-state index contributed by atoms with van der Waals surface area (Å²) in [5.74, 6) is 1.51. The molecule has 102 valence electrons. The first-order valence-corrected chi connectivity index (χ1v) is 6.47. The summed E-state index contributed by atoms with van der Waals surface area (Å²) in [4.78, 5) is 4.76. The third-order valence-electron chi connectivity index (χ3n) is 3.53. The third-order valence-corrected chi connectivity index (χ3v) is 3.53. The van der Waals surface area contributed by atoms with E-state index in [0.29, 0.717) is 18.3 Å². The van der Waals surface area contributed by atoms with Crippen LogP contribution < -0.4 is 5.32 Å². The van der Waals surface area contributed by atoms with Gasteiger partial charge in [-0.3, -0.25) is 4.90 Å². The molecule has 0 spiro atoms. The minimum atomic E-state index is -0.0316. The Morgan fingerprint density at radius 3 is 2.83 bits per heavy atom. The zero-order valence-electron chi connectivity index (χ0n) is 11.2. The lowest BCUT2D eigenvalue weighted by atomic mass is 10.2. The molecule has 0 radical (unpaired) electrons. The van der Waals surface area contributed by atoms with E-state index in [4.69, 9.17) is 9.52 Å². The first-order chi connectivity index (χ1) is 8.69. The zero-order chi connectivity index (χ0) is 13.0. The predicted octanol–water partition coefficient (Wildman–Crippen LogP) is 0.107. The van der Waals surface area contributed by atoms with E-state index in [-0.39, 0.29) is 6.61 Å². The number of aliphatic hydroxyl groups is 1. The molecule has 18 heavy (non-hydrogen) atoms. The van der Waals surface area contributed by atoms with Crippen molar-refractivity contribution >= 4 is 0 Å². The predicted molar refractivity (Wildman–Crippen MR) is 70.3 cm³/mol. The molecule has 0 saturated carbocycles. The lowest BCUT2D eigenvalue weighted by Gasteiger charge is -2.37. The molecule has 1 aromatic rings. The summed E-state index contributed by atoms with van der Waals surface area (Å²) in [7, 11) is 4.34. The second kappa shape index (κ2) is 6.33. The van der Waals surface area contributed by atoms with Crippen LogP contribution in [0.4, 0.5) is 0 Å². The number of hydrogen-bond acceptors (Lipinski definition) is 5. The summed E-state index contributed by atoms with van der Waals surface area (Å²) < 4.78 is 5.43. The number of aliphatic hydroxyl groups excluding tert-OH is 1. The molecule has 1 aromatic heterocycles. The number of rotatable bonds is 5. The first kappa shape index (κ1) is 13.5. The smallest absolute Gasteiger partial charge is 0.129 e. The van der Waals surface area contributed by atoms with Gasteiger partial charge in [-0.2, -0.15) is 0 Å². The summed E-state index contributed by atoms with van der Waals surface area (Å²) in [5.41, 5.74) is 0. The van der Waals surface area contributed by atoms with Gasteiger partial charge in [-0.25, -0.2) is 0 Å². The molecule has 1 aliphatic rings. The van der Waals surface area contributed by atoms with Crippen LogP contribution in [0, 0.1) is 0 Å². The molecule has 5 nitrogen and oxygen atoms in total. The number of likely N-dealkylation sites (N-methyl/N-ethyl adjacent to an activating group) is 2. The first-order valence-electron chi connectivity index (χ1n) is 6.47. The summed E-state index contributed by atoms with van der Waals surface area (Å²) in [6, 6.07) is 4.28. The third kappa shape index (κ3) is 3.55. The van der Waals surface area contributed by atoms with Crippen molar-refractivity contribution in [1.82, 2.24) is 15.1 Å². The summed E-state index contributed by atoms with van der Waals surface area (Å²) >= 11 is 0. The number of furan rings is 1. The second-order valence-electron chi connectivity index (χ2n) is 5.05. The van der Waals surface area contributed by atoms with Crippen molar-refractivity contribution in [2.24, 2.45) is 0 Å². The summed E-state index contributed by atoms with van der Waals surface area (Å²) in [6.07, 6.45) is 0. The monoisotopic (exact) mass is 253 g/mol. The van der Waals surface area contributed by atoms with Gasteiger partial charge in [0.15, 0.2) is 0 Å². The van der Waals surface area contributed by atoms with Crippen LogP contribution in [-0.4, -0.2) is 61.2 Å². The Kier molecular flexibility index (Phi) is 4.77. The van der Waals surface area contributed by atoms with Crippen LogP contribution in [0.2, 0.25) is 0 Å². The molecule has 1 atom stereocenters. The highest BCUT2D eigenvalue weighted by Gasteiger charge is 2.21. The maximum atomic E-state index is 8.92. The van der Waals surface area contributed by atoms with Crippen molar-refractivity contribution in [3.8, 4) is 0 Å². The molecule has 0 aliphatic carbocycles. The lowest BCUT2D eigenvalue weighted by molar-refractivity contribution is 0.113. The van der Waals surface area contributed by atoms with Crippen molar-refractivity contribution in [1.29, 1.82) is 0 Å². The molecule has 1 aliphatic heterocycles. The van der Waals surface area contributed by atoms with E-state index in [1.807, 2.05) is 12.1 Å². The van der Waals surface area contributed by atoms with Crippen molar-refractivity contribution in [2.75, 3.05) is 40.3 Å². The Morgan fingerprint density at radius 1 is 1.33 bits per heavy atom. The molecule has 2 rings (SSSR count). The van der Waals surface area contributed by atoms with Crippen LogP contribution in [0.1, 0.15) is 11.5 Å². The van der Waals surface area contributed by atoms with Crippen LogP contribution in [-0.2, 0) is 13.2 Å². The molecular weight excluding hydrogens is 230 g/mol. The standard InChI is InChI=1S/C13H23N3O2/c1-15-5-6-16(2)11(9-15)7-14-8-12-3-4-13(10-17)18-12/h3-4,11,14,17H,5-10H2,1-2H3. The number of nitrogens with zero attached hydrogens (tertiary/aromatic N) is 2. The van der Waals surface area contributed by atoms with Crippen LogP contribution in [0.5, 0.6) is 0 Å². The minimum absolute atomic E-state index is 0.0316. The Labute approximate surface area is 108 Å². The van der Waals surface area contributed by atoms with Gasteiger partial charge in [0.05, 0.1) is 6.54 Å². The van der Waals surface area contributed by atoms with E-state index in [9.17, 15) is 0 Å². The average Bonchev–Trinajstić information content (AvgIpc) is 2.81. The van der Waals surface area contributed by atoms with E-state index in [1.54, 1.807) is 0 Å². The Morgan fingerprint density at radius 2 is 2.11 bits per heavy atom. The van der Waals surface area contributed by atoms with Crippen molar-refractivity contribution in [2.45, 2.75) is 19.2 Å². The Bertz CT molecular complexity index is 367. The van der Waals surface area contributed by atoms with Gasteiger partial charge in [-0.15, -0.1) is 0 Å². The average molecular weight is 253 g/mol. The van der Waals surface area contributed by atoms with Gasteiger partial charge in [-0.05, 0) is 26.2 Å². The lowest BCUT2D eigenvalue weighted by Crippen LogP contribution is -2.53. The summed E-state index contributed by atoms with van der Waals surface area (Å²) in [6.45, 7) is 5.01. The largest absolute Gasteiger partial charge is 0.462 e. The Balaban J connectivity index is 1.74. The van der Waals surface area contributed by atoms with E-state index < -0.39 is 0 Å². The highest BCUT2D eigenvalue weighted by atomic mass is 16.4. The fourth-order valence-corrected chi connectivity index (χ4v) is 2.29. The topological polar surface area (TPSA) is 51.9 Å². The second-order valence-corrected chi connectivity index (χ2v) is 5.05. The number of piperazine rings is 1. The molecule has 1 fully saturated rings. The highest BCUT2D eigenvalue weighted by Crippen LogP contribution is 2.08. The van der Waals surface area contributed by atoms with Gasteiger partial charge >= 0.3 is 0 Å². The fourth-order valence-electron chi connectivity index (χ4n) is 2.29. The van der Waals surface area contributed by atoms with Gasteiger partial charge in [-0.1, -0.05) is 0 Å². The number of nitrogens with one attached hydrogen (secondary N) is 1. The molecule has 0 amide bonds. The van der Waals surface area contributed by atoms with Crippen molar-refractivity contribution < 1.29 is 9.52 Å². The molecule has 2 N–H and O–H groups in total. The fraction of sp³-hybridized carbons (Fsp3) is 0.692. The molecule has 2 heterocycles. The van der Waals surface area contributed by atoms with Gasteiger partial charge in [0.1, 0.15) is 18.1 Å². The van der Waals surface area contributed by atoms with Crippen LogP contribution in [0.3, 0.4) is 0 Å². The molecule has 0 aromatic carbocycles. The quantitative estimate of drug-likeness (QED) is 0.780. The van der Waals surface area contributed by atoms with Gasteiger partial charge in [0, 0.05) is 32.2 Å². The van der Waals surface area contributed by atoms with Crippen LogP contribution in [0.25, 0.3) is 0 Å². The van der Waals surface area contributed by atoms with E-state index in [2.05, 4.69) is 29.2 Å². The Hall–Kier alpha value is -0.880. The van der Waals surface area contributed by atoms with E-state index >= 15 is 0 Å². The molecule has 1 saturated heterocycles. The molecular formula is C13H23N3O2. The molecule has 5 heteroatoms. The molecule has 0 bridgehead atoms. The van der Waals surface area contributed by atoms with Crippen molar-refractivity contribution in [3.05, 3.63) is 23.7 Å². The molecule has 1 unspecified atom stereocenters. The van der Waals surface area contributed by atoms with Gasteiger partial charge < -0.3 is 19.7 Å². The van der Waals surface area contributed by atoms with Crippen molar-refractivity contribution in [3.63, 3.8) is 0 Å². The summed E-state index contributed by atoms with van der Waals surface area (Å²) in [5, 5.41) is 12.3. The minimum Gasteiger partial charge on any atom is -0.462 e. The van der Waals surface area contributed by atoms with E-state index in [0.717, 1.165) is 31.9 Å².